The van der Waals surface area contributed by atoms with Crippen molar-refractivity contribution in [2.45, 2.75) is 37.9 Å². The highest BCUT2D eigenvalue weighted by atomic mass is 32.2. The molecule has 1 aliphatic rings. The Bertz CT molecular complexity index is 470. The summed E-state index contributed by atoms with van der Waals surface area (Å²) in [6, 6.07) is 8.21. The number of thioether (sulfide) groups is 1. The molecule has 0 radical (unpaired) electrons. The van der Waals surface area contributed by atoms with Gasteiger partial charge in [0.15, 0.2) is 5.96 Å². The molecule has 128 valence electrons. The number of benzene rings is 1. The maximum Gasteiger partial charge on any atom is 0.191 e. The Morgan fingerprint density at radius 2 is 2.09 bits per heavy atom. The lowest BCUT2D eigenvalue weighted by Crippen LogP contribution is -2.40. The molecule has 0 saturated carbocycles. The number of hydrogen-bond donors (Lipinski definition) is 2. The van der Waals surface area contributed by atoms with Crippen LogP contribution in [0.5, 0.6) is 5.75 Å². The summed E-state index contributed by atoms with van der Waals surface area (Å²) < 4.78 is 5.73. The molecule has 1 aliphatic heterocycles. The Morgan fingerprint density at radius 1 is 1.26 bits per heavy atom. The highest BCUT2D eigenvalue weighted by Crippen LogP contribution is 2.25. The number of aryl methyl sites for hydroxylation is 1. The molecule has 23 heavy (non-hydrogen) atoms. The van der Waals surface area contributed by atoms with E-state index in [1.54, 1.807) is 0 Å². The van der Waals surface area contributed by atoms with Crippen molar-refractivity contribution in [3.05, 3.63) is 29.8 Å². The summed E-state index contributed by atoms with van der Waals surface area (Å²) >= 11 is 2.07. The number of nitrogens with one attached hydrogen (secondary N) is 2. The van der Waals surface area contributed by atoms with Gasteiger partial charge in [0, 0.05) is 25.4 Å². The first-order valence-corrected chi connectivity index (χ1v) is 9.58. The lowest BCUT2D eigenvalue weighted by atomic mass is 10.2. The fourth-order valence-electron chi connectivity index (χ4n) is 2.49. The molecular formula is C18H29N3OS. The van der Waals surface area contributed by atoms with Crippen molar-refractivity contribution in [1.29, 1.82) is 0 Å². The highest BCUT2D eigenvalue weighted by Gasteiger charge is 2.15. The van der Waals surface area contributed by atoms with Crippen molar-refractivity contribution in [3.63, 3.8) is 0 Å². The molecule has 0 aliphatic carbocycles. The van der Waals surface area contributed by atoms with E-state index in [1.807, 2.05) is 19.2 Å². The normalized spacial score (nSPS) is 18.0. The van der Waals surface area contributed by atoms with Gasteiger partial charge in [-0.2, -0.15) is 11.8 Å². The van der Waals surface area contributed by atoms with Crippen LogP contribution in [0.3, 0.4) is 0 Å². The number of rotatable bonds is 8. The van der Waals surface area contributed by atoms with Crippen molar-refractivity contribution in [2.24, 2.45) is 4.99 Å². The fourth-order valence-corrected chi connectivity index (χ4v) is 3.70. The molecule has 1 saturated heterocycles. The number of unbranched alkanes of at least 4 members (excludes halogenated alkanes) is 1. The average Bonchev–Trinajstić information content (AvgIpc) is 3.08. The molecule has 0 amide bonds. The molecular weight excluding hydrogens is 306 g/mol. The van der Waals surface area contributed by atoms with Gasteiger partial charge in [-0.25, -0.2) is 0 Å². The quantitative estimate of drug-likeness (QED) is 0.435. The zero-order valence-electron chi connectivity index (χ0n) is 14.3. The van der Waals surface area contributed by atoms with Crippen LogP contribution in [0.15, 0.2) is 29.3 Å². The first-order chi connectivity index (χ1) is 11.3. The second-order valence-electron chi connectivity index (χ2n) is 5.88. The Labute approximate surface area is 144 Å². The molecule has 1 atom stereocenters. The maximum atomic E-state index is 5.73. The summed E-state index contributed by atoms with van der Waals surface area (Å²) in [5.41, 5.74) is 1.26. The van der Waals surface area contributed by atoms with Crippen LogP contribution in [-0.4, -0.2) is 43.7 Å². The molecule has 0 spiro atoms. The van der Waals surface area contributed by atoms with Crippen molar-refractivity contribution >= 4 is 17.7 Å². The molecule has 1 heterocycles. The predicted octanol–water partition coefficient (Wildman–Crippen LogP) is 3.21. The van der Waals surface area contributed by atoms with E-state index in [-0.39, 0.29) is 0 Å². The number of guanidine groups is 1. The summed E-state index contributed by atoms with van der Waals surface area (Å²) in [5, 5.41) is 7.54. The van der Waals surface area contributed by atoms with Gasteiger partial charge in [0.25, 0.3) is 0 Å². The summed E-state index contributed by atoms with van der Waals surface area (Å²) in [7, 11) is 1.83. The minimum atomic E-state index is 0.747. The highest BCUT2D eigenvalue weighted by molar-refractivity contribution is 8.00. The third kappa shape index (κ3) is 7.16. The first-order valence-electron chi connectivity index (χ1n) is 8.53. The van der Waals surface area contributed by atoms with E-state index < -0.39 is 0 Å². The SMILES string of the molecule is CN=C(NCCCCOc1ccc(C)cc1)NCC1CCCS1. The Balaban J connectivity index is 1.50. The van der Waals surface area contributed by atoms with E-state index in [2.05, 4.69) is 46.4 Å². The largest absolute Gasteiger partial charge is 0.494 e. The van der Waals surface area contributed by atoms with Crippen LogP contribution in [0.1, 0.15) is 31.2 Å². The molecule has 1 fully saturated rings. The van der Waals surface area contributed by atoms with E-state index in [0.29, 0.717) is 0 Å². The number of ether oxygens (including phenoxy) is 1. The topological polar surface area (TPSA) is 45.7 Å². The van der Waals surface area contributed by atoms with Crippen LogP contribution in [0.25, 0.3) is 0 Å². The summed E-state index contributed by atoms with van der Waals surface area (Å²) in [4.78, 5) is 4.28. The smallest absolute Gasteiger partial charge is 0.191 e. The monoisotopic (exact) mass is 335 g/mol. The van der Waals surface area contributed by atoms with E-state index in [9.17, 15) is 0 Å². The summed E-state index contributed by atoms with van der Waals surface area (Å²) in [5.74, 6) is 3.17. The number of nitrogens with zero attached hydrogens (tertiary/aromatic N) is 1. The van der Waals surface area contributed by atoms with E-state index in [0.717, 1.165) is 49.5 Å². The number of hydrogen-bond acceptors (Lipinski definition) is 3. The van der Waals surface area contributed by atoms with Gasteiger partial charge in [-0.15, -0.1) is 0 Å². The Morgan fingerprint density at radius 3 is 2.78 bits per heavy atom. The van der Waals surface area contributed by atoms with Crippen LogP contribution in [0, 0.1) is 6.92 Å². The van der Waals surface area contributed by atoms with E-state index >= 15 is 0 Å². The zero-order chi connectivity index (χ0) is 16.3. The van der Waals surface area contributed by atoms with Gasteiger partial charge in [0.05, 0.1) is 6.61 Å². The molecule has 5 heteroatoms. The van der Waals surface area contributed by atoms with Gasteiger partial charge in [0.2, 0.25) is 0 Å². The lowest BCUT2D eigenvalue weighted by molar-refractivity contribution is 0.307. The minimum absolute atomic E-state index is 0.747. The lowest BCUT2D eigenvalue weighted by Gasteiger charge is -2.14. The average molecular weight is 336 g/mol. The predicted molar refractivity (Wildman–Crippen MR) is 101 cm³/mol. The standard InChI is InChI=1S/C18H29N3OS/c1-15-7-9-16(10-8-15)22-12-4-3-11-20-18(19-2)21-14-17-6-5-13-23-17/h7-10,17H,3-6,11-14H2,1-2H3,(H2,19,20,21). The van der Waals surface area contributed by atoms with Crippen LogP contribution >= 0.6 is 11.8 Å². The van der Waals surface area contributed by atoms with Crippen LogP contribution in [0.2, 0.25) is 0 Å². The molecule has 1 unspecified atom stereocenters. The molecule has 2 N–H and O–H groups in total. The zero-order valence-corrected chi connectivity index (χ0v) is 15.1. The molecule has 4 nitrogen and oxygen atoms in total. The van der Waals surface area contributed by atoms with Gasteiger partial charge >= 0.3 is 0 Å². The van der Waals surface area contributed by atoms with E-state index in [4.69, 9.17) is 4.74 Å². The fraction of sp³-hybridized carbons (Fsp3) is 0.611. The minimum Gasteiger partial charge on any atom is -0.494 e. The summed E-state index contributed by atoms with van der Waals surface area (Å²) in [6.45, 7) is 4.78. The van der Waals surface area contributed by atoms with Gasteiger partial charge in [-0.05, 0) is 50.5 Å². The van der Waals surface area contributed by atoms with Gasteiger partial charge in [-0.3, -0.25) is 4.99 Å². The third-order valence-corrected chi connectivity index (χ3v) is 5.30. The first kappa shape index (κ1) is 18.0. The van der Waals surface area contributed by atoms with Crippen LogP contribution in [-0.2, 0) is 0 Å². The second kappa shape index (κ2) is 10.4. The third-order valence-electron chi connectivity index (χ3n) is 3.90. The Kier molecular flexibility index (Phi) is 8.15. The molecule has 2 rings (SSSR count). The number of aliphatic imine (C=N–C) groups is 1. The summed E-state index contributed by atoms with van der Waals surface area (Å²) in [6.07, 6.45) is 4.79. The van der Waals surface area contributed by atoms with E-state index in [1.165, 1.54) is 24.2 Å². The molecule has 1 aromatic carbocycles. The maximum absolute atomic E-state index is 5.73. The van der Waals surface area contributed by atoms with Gasteiger partial charge < -0.3 is 15.4 Å². The van der Waals surface area contributed by atoms with Crippen molar-refractivity contribution in [2.75, 3.05) is 32.5 Å². The molecule has 1 aromatic rings. The van der Waals surface area contributed by atoms with Crippen molar-refractivity contribution in [3.8, 4) is 5.75 Å². The second-order valence-corrected chi connectivity index (χ2v) is 7.29. The van der Waals surface area contributed by atoms with Gasteiger partial charge in [-0.1, -0.05) is 17.7 Å². The molecule has 0 bridgehead atoms. The van der Waals surface area contributed by atoms with Gasteiger partial charge in [0.1, 0.15) is 5.75 Å². The molecule has 0 aromatic heterocycles. The van der Waals surface area contributed by atoms with Crippen molar-refractivity contribution in [1.82, 2.24) is 10.6 Å². The van der Waals surface area contributed by atoms with Crippen LogP contribution in [0.4, 0.5) is 0 Å². The van der Waals surface area contributed by atoms with Crippen LogP contribution < -0.4 is 15.4 Å². The van der Waals surface area contributed by atoms with Crippen molar-refractivity contribution < 1.29 is 4.74 Å². The Hall–Kier alpha value is -1.36.